The summed E-state index contributed by atoms with van der Waals surface area (Å²) in [5, 5.41) is 0.347. The zero-order valence-electron chi connectivity index (χ0n) is 16.8. The monoisotopic (exact) mass is 367 g/mol. The highest BCUT2D eigenvalue weighted by atomic mass is 35.5. The van der Waals surface area contributed by atoms with Gasteiger partial charge in [0.25, 0.3) is 0 Å². The minimum absolute atomic E-state index is 0.0742. The van der Waals surface area contributed by atoms with Crippen molar-refractivity contribution in [1.29, 1.82) is 0 Å². The van der Waals surface area contributed by atoms with Crippen LogP contribution in [0, 0.1) is 0 Å². The Labute approximate surface area is 157 Å². The van der Waals surface area contributed by atoms with Crippen molar-refractivity contribution in [2.24, 2.45) is 0 Å². The summed E-state index contributed by atoms with van der Waals surface area (Å²) in [5.41, 5.74) is 0.276. The number of hydrogen-bond acceptors (Lipinski definition) is 3. The van der Waals surface area contributed by atoms with Gasteiger partial charge in [-0.25, -0.2) is 9.47 Å². The van der Waals surface area contributed by atoms with Crippen molar-refractivity contribution in [1.82, 2.24) is 19.4 Å². The summed E-state index contributed by atoms with van der Waals surface area (Å²) in [6.45, 7) is 20.7. The van der Waals surface area contributed by atoms with Gasteiger partial charge in [-0.1, -0.05) is 27.7 Å². The van der Waals surface area contributed by atoms with E-state index in [-0.39, 0.29) is 5.41 Å². The van der Waals surface area contributed by atoms with Crippen LogP contribution in [0.15, 0.2) is 0 Å². The third-order valence-electron chi connectivity index (χ3n) is 7.53. The smallest absolute Gasteiger partial charge is 0.305 e. The van der Waals surface area contributed by atoms with Crippen LogP contribution in [0.25, 0.3) is 0 Å². The second-order valence-corrected chi connectivity index (χ2v) is 9.60. The van der Waals surface area contributed by atoms with Gasteiger partial charge in [-0.15, -0.1) is 4.98 Å². The lowest BCUT2D eigenvalue weighted by molar-refractivity contribution is -0.983. The van der Waals surface area contributed by atoms with Gasteiger partial charge in [-0.05, 0) is 38.3 Å². The largest absolute Gasteiger partial charge is 0.334 e. The molecule has 2 bridgehead atoms. The van der Waals surface area contributed by atoms with E-state index in [1.165, 1.54) is 30.5 Å². The minimum Gasteiger partial charge on any atom is -0.305 e. The lowest BCUT2D eigenvalue weighted by Gasteiger charge is -2.59. The molecule has 140 valence electrons. The quantitative estimate of drug-likeness (QED) is 0.747. The fourth-order valence-electron chi connectivity index (χ4n) is 4.38. The molecule has 0 saturated carbocycles. The molecule has 6 heteroatoms. The van der Waals surface area contributed by atoms with Crippen molar-refractivity contribution in [3.63, 3.8) is 0 Å². The molecule has 1 aromatic heterocycles. The van der Waals surface area contributed by atoms with Crippen molar-refractivity contribution in [3.8, 4) is 0 Å². The lowest BCUT2D eigenvalue weighted by atomic mass is 9.89. The van der Waals surface area contributed by atoms with Crippen molar-refractivity contribution in [3.05, 3.63) is 11.1 Å². The van der Waals surface area contributed by atoms with Crippen LogP contribution in [-0.2, 0) is 5.41 Å². The van der Waals surface area contributed by atoms with Gasteiger partial charge < -0.3 is 4.48 Å². The van der Waals surface area contributed by atoms with Crippen LogP contribution in [-0.4, -0.2) is 64.2 Å². The summed E-state index contributed by atoms with van der Waals surface area (Å²) in [6.07, 6.45) is 2.21. The molecule has 3 aliphatic heterocycles. The Morgan fingerprint density at radius 3 is 1.88 bits per heavy atom. The van der Waals surface area contributed by atoms with E-state index < -0.39 is 0 Å². The Balaban J connectivity index is 1.93. The van der Waals surface area contributed by atoms with Gasteiger partial charge in [-0.3, -0.25) is 0 Å². The van der Waals surface area contributed by atoms with Crippen LogP contribution in [0.2, 0.25) is 5.28 Å². The Bertz CT molecular complexity index is 631. The van der Waals surface area contributed by atoms with E-state index in [4.69, 9.17) is 16.6 Å². The first-order valence-corrected chi connectivity index (χ1v) is 10.1. The van der Waals surface area contributed by atoms with E-state index in [9.17, 15) is 0 Å². The normalized spacial score (nSPS) is 29.9. The molecule has 25 heavy (non-hydrogen) atoms. The van der Waals surface area contributed by atoms with Gasteiger partial charge in [0.15, 0.2) is 0 Å². The molecular weight excluding hydrogens is 334 g/mol. The molecule has 0 N–H and O–H groups in total. The van der Waals surface area contributed by atoms with Crippen molar-refractivity contribution >= 4 is 17.5 Å². The topological polar surface area (TPSA) is 38.7 Å². The van der Waals surface area contributed by atoms with E-state index in [0.717, 1.165) is 42.3 Å². The Morgan fingerprint density at radius 2 is 1.40 bits per heavy atom. The minimum atomic E-state index is -0.0742. The maximum Gasteiger partial charge on any atom is 0.334 e. The molecule has 5 nitrogen and oxygen atoms in total. The van der Waals surface area contributed by atoms with E-state index in [1.807, 2.05) is 0 Å². The van der Waals surface area contributed by atoms with Gasteiger partial charge in [0.1, 0.15) is 45.1 Å². The first-order chi connectivity index (χ1) is 11.6. The highest BCUT2D eigenvalue weighted by molar-refractivity contribution is 6.28. The van der Waals surface area contributed by atoms with E-state index in [1.54, 1.807) is 0 Å². The lowest BCUT2D eigenvalue weighted by Crippen LogP contribution is -2.80. The van der Waals surface area contributed by atoms with Crippen LogP contribution in [0.4, 0.5) is 5.95 Å². The molecule has 3 fully saturated rings. The van der Waals surface area contributed by atoms with Crippen molar-refractivity contribution in [2.75, 3.05) is 39.3 Å². The summed E-state index contributed by atoms with van der Waals surface area (Å²) in [6, 6.07) is 0. The molecule has 0 amide bonds. The average molecular weight is 368 g/mol. The fourth-order valence-corrected chi connectivity index (χ4v) is 4.53. The second kappa shape index (κ2) is 6.14. The molecule has 0 radical (unpaired) electrons. The van der Waals surface area contributed by atoms with Crippen molar-refractivity contribution in [2.45, 2.75) is 65.3 Å². The third-order valence-corrected chi connectivity index (χ3v) is 7.70. The summed E-state index contributed by atoms with van der Waals surface area (Å²) in [7, 11) is 0. The van der Waals surface area contributed by atoms with Gasteiger partial charge in [0.05, 0.1) is 5.54 Å². The zero-order chi connectivity index (χ0) is 18.5. The third kappa shape index (κ3) is 2.98. The highest BCUT2D eigenvalue weighted by Gasteiger charge is 2.57. The average Bonchev–Trinajstić information content (AvgIpc) is 2.62. The molecule has 4 rings (SSSR count). The Morgan fingerprint density at radius 1 is 0.840 bits per heavy atom. The SMILES string of the molecule is CCC(C)(C)c1nc(Cl)nc([N+]23CC[N+](C(C)(C)CC)(CC2)CC3)n1. The van der Waals surface area contributed by atoms with Crippen molar-refractivity contribution < 1.29 is 4.48 Å². The zero-order valence-corrected chi connectivity index (χ0v) is 17.5. The number of nitrogens with zero attached hydrogens (tertiary/aromatic N) is 5. The number of halogens is 1. The number of quaternary nitrogens is 2. The number of fused-ring (bicyclic) bond motifs is 3. The Kier molecular flexibility index (Phi) is 4.66. The summed E-state index contributed by atoms with van der Waals surface area (Å²) in [5.74, 6) is 1.73. The number of rotatable bonds is 5. The van der Waals surface area contributed by atoms with Crippen LogP contribution >= 0.6 is 11.6 Å². The summed E-state index contributed by atoms with van der Waals surface area (Å²) >= 11 is 6.31. The standard InChI is InChI=1S/C19H34ClN5/c1-7-18(3,4)15-21-16(20)23-17(22-15)24-9-12-25(13-10-24,14-11-24)19(5,6)8-2/h7-14H2,1-6H3/q+2. The molecule has 0 aliphatic carbocycles. The number of aromatic nitrogens is 3. The maximum atomic E-state index is 6.31. The predicted molar refractivity (Wildman–Crippen MR) is 104 cm³/mol. The maximum absolute atomic E-state index is 6.31. The molecule has 0 atom stereocenters. The van der Waals surface area contributed by atoms with Gasteiger partial charge in [-0.2, -0.15) is 4.98 Å². The molecule has 0 aromatic carbocycles. The van der Waals surface area contributed by atoms with E-state index in [0.29, 0.717) is 10.8 Å². The van der Waals surface area contributed by atoms with Gasteiger partial charge >= 0.3 is 5.95 Å². The molecule has 0 unspecified atom stereocenters. The predicted octanol–water partition coefficient (Wildman–Crippen LogP) is 3.55. The molecule has 1 aromatic rings. The van der Waals surface area contributed by atoms with Crippen LogP contribution in [0.5, 0.6) is 0 Å². The van der Waals surface area contributed by atoms with Crippen LogP contribution in [0.3, 0.4) is 0 Å². The molecule has 3 aliphatic rings. The Hall–Kier alpha value is -0.780. The van der Waals surface area contributed by atoms with Crippen LogP contribution < -0.4 is 4.48 Å². The van der Waals surface area contributed by atoms with E-state index >= 15 is 0 Å². The summed E-state index contributed by atoms with van der Waals surface area (Å²) in [4.78, 5) is 14.0. The number of hydrogen-bond donors (Lipinski definition) is 0. The van der Waals surface area contributed by atoms with Gasteiger partial charge in [0, 0.05) is 5.41 Å². The molecule has 3 saturated heterocycles. The van der Waals surface area contributed by atoms with Gasteiger partial charge in [0.2, 0.25) is 5.28 Å². The summed E-state index contributed by atoms with van der Waals surface area (Å²) < 4.78 is 2.13. The number of piperazine rings is 3. The second-order valence-electron chi connectivity index (χ2n) is 9.26. The first kappa shape index (κ1) is 19.0. The highest BCUT2D eigenvalue weighted by Crippen LogP contribution is 2.38. The molecule has 0 spiro atoms. The molecule has 4 heterocycles. The molecular formula is C19H34ClN5+2. The fraction of sp³-hybridized carbons (Fsp3) is 0.842. The first-order valence-electron chi connectivity index (χ1n) is 9.75. The van der Waals surface area contributed by atoms with Crippen LogP contribution in [0.1, 0.15) is 60.2 Å². The van der Waals surface area contributed by atoms with E-state index in [2.05, 4.69) is 51.5 Å².